The average molecular weight is 1790 g/mol. The van der Waals surface area contributed by atoms with E-state index in [1.54, 1.807) is 0 Å². The maximum absolute atomic E-state index is 6.52. The minimum absolute atomic E-state index is 0.910. The summed E-state index contributed by atoms with van der Waals surface area (Å²) in [4.78, 5) is 0. The van der Waals surface area contributed by atoms with E-state index in [0.29, 0.717) is 0 Å². The number of hydrogen-bond donors (Lipinski definition) is 0. The molecule has 0 aliphatic rings. The molecular formula is C138H84O3. The predicted octanol–water partition coefficient (Wildman–Crippen LogP) is 39.6. The number of fused-ring (bicyclic) bond motifs is 21. The summed E-state index contributed by atoms with van der Waals surface area (Å²) >= 11 is 0. The zero-order valence-electron chi connectivity index (χ0n) is 76.7. The topological polar surface area (TPSA) is 39.4 Å². The monoisotopic (exact) mass is 1790 g/mol. The number of rotatable bonds is 9. The summed E-state index contributed by atoms with van der Waals surface area (Å²) < 4.78 is 19.5. The molecule has 0 aliphatic heterocycles. The van der Waals surface area contributed by atoms with E-state index >= 15 is 0 Å². The molecule has 0 N–H and O–H groups in total. The maximum atomic E-state index is 6.52. The first-order valence-electron chi connectivity index (χ1n) is 48.5. The highest BCUT2D eigenvalue weighted by Gasteiger charge is 2.25. The molecule has 0 spiro atoms. The Kier molecular flexibility index (Phi) is 19.0. The highest BCUT2D eigenvalue weighted by atomic mass is 16.3. The zero-order valence-corrected chi connectivity index (χ0v) is 76.7. The first-order chi connectivity index (χ1) is 69.9. The summed E-state index contributed by atoms with van der Waals surface area (Å²) in [5.74, 6) is 0. The van der Waals surface area contributed by atoms with Crippen molar-refractivity contribution in [2.75, 3.05) is 0 Å². The molecule has 30 aromatic rings. The molecule has 0 saturated heterocycles. The van der Waals surface area contributed by atoms with Gasteiger partial charge in [0.15, 0.2) is 0 Å². The van der Waals surface area contributed by atoms with E-state index in [-0.39, 0.29) is 0 Å². The van der Waals surface area contributed by atoms with Crippen molar-refractivity contribution in [1.29, 1.82) is 0 Å². The van der Waals surface area contributed by atoms with Crippen molar-refractivity contribution < 1.29 is 13.3 Å². The van der Waals surface area contributed by atoms with Gasteiger partial charge >= 0.3 is 0 Å². The van der Waals surface area contributed by atoms with E-state index in [2.05, 4.69) is 510 Å². The van der Waals surface area contributed by atoms with Crippen molar-refractivity contribution in [3.05, 3.63) is 510 Å². The van der Waals surface area contributed by atoms with E-state index < -0.39 is 0 Å². The fraction of sp³-hybridized carbons (Fsp3) is 0. The van der Waals surface area contributed by atoms with Gasteiger partial charge in [0.2, 0.25) is 0 Å². The fourth-order valence-electron chi connectivity index (χ4n) is 22.8. The Morgan fingerprint density at radius 1 is 0.0922 bits per heavy atom. The van der Waals surface area contributed by atoms with Crippen LogP contribution in [0.5, 0.6) is 0 Å². The lowest BCUT2D eigenvalue weighted by Gasteiger charge is -2.18. The second-order valence-electron chi connectivity index (χ2n) is 37.4. The Hall–Kier alpha value is -18.5. The molecule has 30 rings (SSSR count). The standard InChI is InChI=1S/3C46H28O/c1-2-12-33-27-44-42(26-32(33)11-1)37-25-24-34(28-43(37)47-44)46-40-17-7-5-15-38(40)45(39-16-6-8-18-41(39)46)31-22-20-30(21-23-31)36-19-9-13-29-10-3-4-14-35(29)36;1-2-11-30-24-34(21-20-29(30)10-1)31-14-9-15-35(25-31)45-38-16-5-7-18-40(38)46(41-19-8-6-17-39(41)45)36-22-23-37-42-26-32-12-3-4-13-33(32)27-44(42)47-43(37)28-36;1-2-10-32-25-35(22-19-29(32)9-1)30-17-20-31(21-18-30)45-38-13-5-7-15-40(38)46(41-16-8-6-14-39(41)45)36-23-24-37-42-26-33-11-3-4-12-34(33)27-44(42)47-43(37)28-36/h3*1-28H. The van der Waals surface area contributed by atoms with Gasteiger partial charge in [-0.25, -0.2) is 0 Å². The van der Waals surface area contributed by atoms with Crippen LogP contribution in [0.3, 0.4) is 0 Å². The van der Waals surface area contributed by atoms with Crippen LogP contribution >= 0.6 is 0 Å². The molecule has 0 amide bonds. The Balaban J connectivity index is 0.000000104. The van der Waals surface area contributed by atoms with Crippen LogP contribution < -0.4 is 0 Å². The number of furan rings is 3. The summed E-state index contributed by atoms with van der Waals surface area (Å²) in [5, 5.41) is 36.6. The third kappa shape index (κ3) is 13.8. The highest BCUT2D eigenvalue weighted by Crippen LogP contribution is 2.52. The van der Waals surface area contributed by atoms with Crippen LogP contribution in [0.15, 0.2) is 523 Å². The molecule has 0 saturated carbocycles. The summed E-state index contributed by atoms with van der Waals surface area (Å²) in [7, 11) is 0. The lowest BCUT2D eigenvalue weighted by Crippen LogP contribution is -1.91. The first-order valence-corrected chi connectivity index (χ1v) is 48.5. The predicted molar refractivity (Wildman–Crippen MR) is 600 cm³/mol. The lowest BCUT2D eigenvalue weighted by molar-refractivity contribution is 0.669. The molecule has 3 nitrogen and oxygen atoms in total. The molecule has 0 atom stereocenters. The largest absolute Gasteiger partial charge is 0.456 e. The Morgan fingerprint density at radius 2 is 0.305 bits per heavy atom. The van der Waals surface area contributed by atoms with Gasteiger partial charge in [-0.05, 0) is 320 Å². The van der Waals surface area contributed by atoms with Crippen molar-refractivity contribution >= 4 is 195 Å². The molecule has 27 aromatic carbocycles. The Bertz CT molecular complexity index is 10200. The van der Waals surface area contributed by atoms with Gasteiger partial charge in [-0.15, -0.1) is 0 Å². The van der Waals surface area contributed by atoms with Crippen LogP contribution in [-0.2, 0) is 0 Å². The van der Waals surface area contributed by atoms with Crippen LogP contribution in [0.25, 0.3) is 295 Å². The van der Waals surface area contributed by atoms with E-state index in [9.17, 15) is 0 Å². The molecule has 141 heavy (non-hydrogen) atoms. The Morgan fingerprint density at radius 3 is 0.645 bits per heavy atom. The van der Waals surface area contributed by atoms with E-state index in [1.807, 2.05) is 0 Å². The SMILES string of the molecule is c1cc(-c2ccc3ccccc3c2)cc(-c2c3ccccc3c(-c3ccc4c(c3)oc3cc5ccccc5cc34)c3ccccc23)c1.c1ccc2cc(-c3ccc(-c4c5ccccc5c(-c5ccc6c(c5)oc5cc7ccccc7cc56)c5ccccc45)cc3)ccc2c1.c1ccc2cc3c(cc2c1)oc1cc(-c2c4ccccc4c(-c4ccc(-c5cccc6ccccc56)cc4)c4ccccc24)ccc13. The average Bonchev–Trinajstić information content (AvgIpc) is 1.48. The smallest absolute Gasteiger partial charge is 0.136 e. The van der Waals surface area contributed by atoms with Crippen molar-refractivity contribution in [2.24, 2.45) is 0 Å². The van der Waals surface area contributed by atoms with Crippen molar-refractivity contribution in [3.63, 3.8) is 0 Å². The molecular weight excluding hydrogens is 1710 g/mol. The van der Waals surface area contributed by atoms with Crippen molar-refractivity contribution in [2.45, 2.75) is 0 Å². The van der Waals surface area contributed by atoms with Gasteiger partial charge in [0.25, 0.3) is 0 Å². The minimum atomic E-state index is 0.910. The fourth-order valence-corrected chi connectivity index (χ4v) is 22.8. The van der Waals surface area contributed by atoms with Crippen LogP contribution in [0.4, 0.5) is 0 Å². The molecule has 0 fully saturated rings. The van der Waals surface area contributed by atoms with Gasteiger partial charge in [0, 0.05) is 32.3 Å². The van der Waals surface area contributed by atoms with E-state index in [4.69, 9.17) is 13.3 Å². The molecule has 654 valence electrons. The van der Waals surface area contributed by atoms with Crippen LogP contribution in [0.1, 0.15) is 0 Å². The molecule has 0 aliphatic carbocycles. The summed E-state index contributed by atoms with van der Waals surface area (Å²) in [5.41, 5.74) is 27.5. The van der Waals surface area contributed by atoms with Gasteiger partial charge in [-0.1, -0.05) is 419 Å². The molecule has 3 heteroatoms. The van der Waals surface area contributed by atoms with Gasteiger partial charge in [-0.2, -0.15) is 0 Å². The number of hydrogen-bond acceptors (Lipinski definition) is 3. The molecule has 3 heterocycles. The molecule has 3 aromatic heterocycles. The third-order valence-corrected chi connectivity index (χ3v) is 29.4. The minimum Gasteiger partial charge on any atom is -0.456 e. The second kappa shape index (κ2) is 33.2. The highest BCUT2D eigenvalue weighted by molar-refractivity contribution is 6.27. The lowest BCUT2D eigenvalue weighted by atomic mass is 9.85. The summed E-state index contributed by atoms with van der Waals surface area (Å²) in [6, 6.07) is 185. The van der Waals surface area contributed by atoms with Gasteiger partial charge < -0.3 is 13.3 Å². The van der Waals surface area contributed by atoms with Gasteiger partial charge in [-0.3, -0.25) is 0 Å². The molecule has 0 unspecified atom stereocenters. The Labute approximate surface area is 812 Å². The molecule has 0 radical (unpaired) electrons. The summed E-state index contributed by atoms with van der Waals surface area (Å²) in [6.07, 6.45) is 0. The van der Waals surface area contributed by atoms with Gasteiger partial charge in [0.05, 0.1) is 0 Å². The maximum Gasteiger partial charge on any atom is 0.136 e. The number of benzene rings is 27. The van der Waals surface area contributed by atoms with Crippen LogP contribution in [0.2, 0.25) is 0 Å². The first kappa shape index (κ1) is 80.9. The zero-order chi connectivity index (χ0) is 92.7. The van der Waals surface area contributed by atoms with Crippen LogP contribution in [-0.4, -0.2) is 0 Å². The van der Waals surface area contributed by atoms with E-state index in [1.165, 1.54) is 213 Å². The van der Waals surface area contributed by atoms with Gasteiger partial charge in [0.1, 0.15) is 33.5 Å². The van der Waals surface area contributed by atoms with Crippen LogP contribution in [0, 0.1) is 0 Å². The quantitative estimate of drug-likeness (QED) is 0.135. The van der Waals surface area contributed by atoms with Crippen molar-refractivity contribution in [1.82, 2.24) is 0 Å². The normalized spacial score (nSPS) is 11.8. The van der Waals surface area contributed by atoms with Crippen molar-refractivity contribution in [3.8, 4) is 100 Å². The second-order valence-corrected chi connectivity index (χ2v) is 37.4. The molecule has 0 bridgehead atoms. The third-order valence-electron chi connectivity index (χ3n) is 29.4. The summed E-state index contributed by atoms with van der Waals surface area (Å²) in [6.45, 7) is 0. The van der Waals surface area contributed by atoms with E-state index in [0.717, 1.165) is 82.5 Å².